The van der Waals surface area contributed by atoms with Gasteiger partial charge in [0.2, 0.25) is 0 Å². The average molecular weight is 434 g/mol. The van der Waals surface area contributed by atoms with Gasteiger partial charge in [0.05, 0.1) is 6.61 Å². The molecule has 4 nitrogen and oxygen atoms in total. The minimum atomic E-state index is -0.513. The van der Waals surface area contributed by atoms with Crippen molar-refractivity contribution in [2.75, 3.05) is 18.5 Å². The maximum atomic E-state index is 6.56. The fraction of sp³-hybridized carbons (Fsp3) is 0.429. The summed E-state index contributed by atoms with van der Waals surface area (Å²) in [4.78, 5) is 0. The van der Waals surface area contributed by atoms with Crippen molar-refractivity contribution in [1.29, 1.82) is 0 Å². The van der Waals surface area contributed by atoms with Crippen molar-refractivity contribution in [3.63, 3.8) is 0 Å². The van der Waals surface area contributed by atoms with Gasteiger partial charge in [-0.15, -0.1) is 0 Å². The summed E-state index contributed by atoms with van der Waals surface area (Å²) in [6.45, 7) is 10.6. The van der Waals surface area contributed by atoms with Gasteiger partial charge in [0, 0.05) is 24.4 Å². The molecule has 4 rings (SSSR count). The van der Waals surface area contributed by atoms with Gasteiger partial charge >= 0.3 is 0 Å². The van der Waals surface area contributed by atoms with Crippen molar-refractivity contribution < 1.29 is 14.2 Å². The van der Waals surface area contributed by atoms with Crippen molar-refractivity contribution in [2.45, 2.75) is 65.0 Å². The van der Waals surface area contributed by atoms with Gasteiger partial charge in [-0.3, -0.25) is 0 Å². The molecule has 32 heavy (non-hydrogen) atoms. The van der Waals surface area contributed by atoms with Gasteiger partial charge in [0.25, 0.3) is 0 Å². The third kappa shape index (κ3) is 4.92. The van der Waals surface area contributed by atoms with Gasteiger partial charge < -0.3 is 19.5 Å². The largest absolute Gasteiger partial charge is 0.485 e. The number of unbranched alkanes of at least 4 members (excludes halogenated alkanes) is 1. The topological polar surface area (TPSA) is 39.7 Å². The zero-order chi connectivity index (χ0) is 22.6. The molecule has 3 aromatic carbocycles. The lowest BCUT2D eigenvalue weighted by Gasteiger charge is -2.44. The van der Waals surface area contributed by atoms with Gasteiger partial charge in [-0.25, -0.2) is 0 Å². The van der Waals surface area contributed by atoms with Crippen molar-refractivity contribution in [2.24, 2.45) is 0 Å². The van der Waals surface area contributed by atoms with E-state index in [1.807, 2.05) is 6.07 Å². The van der Waals surface area contributed by atoms with E-state index in [2.05, 4.69) is 87.6 Å². The summed E-state index contributed by atoms with van der Waals surface area (Å²) in [5.41, 5.74) is 2.77. The number of nitrogens with one attached hydrogen (secondary N) is 1. The lowest BCUT2D eigenvalue weighted by molar-refractivity contribution is -0.167. The summed E-state index contributed by atoms with van der Waals surface area (Å²) in [6, 6.07) is 21.2. The van der Waals surface area contributed by atoms with Crippen LogP contribution >= 0.6 is 0 Å². The van der Waals surface area contributed by atoms with Crippen molar-refractivity contribution in [1.82, 2.24) is 0 Å². The van der Waals surface area contributed by atoms with Crippen LogP contribution in [0.25, 0.3) is 10.8 Å². The number of anilines is 1. The van der Waals surface area contributed by atoms with Crippen molar-refractivity contribution in [3.05, 3.63) is 71.8 Å². The zero-order valence-corrected chi connectivity index (χ0v) is 19.7. The normalized spacial score (nSPS) is 19.4. The van der Waals surface area contributed by atoms with Crippen LogP contribution in [0, 0.1) is 0 Å². The third-order valence-corrected chi connectivity index (χ3v) is 6.07. The predicted octanol–water partition coefficient (Wildman–Crippen LogP) is 6.89. The molecule has 0 bridgehead atoms. The molecule has 3 aromatic rings. The maximum Gasteiger partial charge on any atom is 0.132 e. The van der Waals surface area contributed by atoms with Crippen LogP contribution in [0.15, 0.2) is 60.7 Å². The Balaban J connectivity index is 1.61. The molecule has 1 heterocycles. The van der Waals surface area contributed by atoms with Gasteiger partial charge in [-0.05, 0) is 67.8 Å². The number of ether oxygens (including phenoxy) is 3. The molecule has 0 saturated carbocycles. The molecule has 2 atom stereocenters. The van der Waals surface area contributed by atoms with Crippen molar-refractivity contribution in [3.8, 4) is 5.75 Å². The first-order valence-electron chi connectivity index (χ1n) is 11.8. The molecule has 0 saturated heterocycles. The number of benzene rings is 3. The van der Waals surface area contributed by atoms with E-state index in [9.17, 15) is 0 Å². The van der Waals surface area contributed by atoms with Crippen LogP contribution in [0.5, 0.6) is 5.75 Å². The Bertz CT molecular complexity index is 1050. The van der Waals surface area contributed by atoms with Gasteiger partial charge in [0.15, 0.2) is 0 Å². The Morgan fingerprint density at radius 1 is 0.938 bits per heavy atom. The molecule has 1 N–H and O–H groups in total. The van der Waals surface area contributed by atoms with Crippen LogP contribution < -0.4 is 10.1 Å². The first kappa shape index (κ1) is 22.6. The summed E-state index contributed by atoms with van der Waals surface area (Å²) in [7, 11) is 0. The highest BCUT2D eigenvalue weighted by Crippen LogP contribution is 2.44. The predicted molar refractivity (Wildman–Crippen MR) is 131 cm³/mol. The van der Waals surface area contributed by atoms with Gasteiger partial charge in [-0.2, -0.15) is 0 Å². The highest BCUT2D eigenvalue weighted by molar-refractivity contribution is 5.82. The number of hydrogen-bond acceptors (Lipinski definition) is 4. The SMILES string of the molecule is CCCCOC1c2cc(NCC)ccc2OC(C)(C)C1OCc1ccc2ccccc2c1. The molecule has 2 unspecified atom stereocenters. The second kappa shape index (κ2) is 9.93. The highest BCUT2D eigenvalue weighted by Gasteiger charge is 2.45. The highest BCUT2D eigenvalue weighted by atomic mass is 16.6. The van der Waals surface area contributed by atoms with E-state index in [1.54, 1.807) is 0 Å². The molecule has 0 radical (unpaired) electrons. The average Bonchev–Trinajstić information content (AvgIpc) is 2.78. The Morgan fingerprint density at radius 3 is 2.53 bits per heavy atom. The second-order valence-corrected chi connectivity index (χ2v) is 9.05. The first-order valence-corrected chi connectivity index (χ1v) is 11.8. The molecule has 1 aliphatic heterocycles. The summed E-state index contributed by atoms with van der Waals surface area (Å²) >= 11 is 0. The van der Waals surface area contributed by atoms with Crippen LogP contribution in [0.1, 0.15) is 57.8 Å². The van der Waals surface area contributed by atoms with E-state index in [0.29, 0.717) is 13.2 Å². The van der Waals surface area contributed by atoms with Crippen molar-refractivity contribution >= 4 is 16.5 Å². The lowest BCUT2D eigenvalue weighted by Crippen LogP contribution is -2.51. The van der Waals surface area contributed by atoms with E-state index in [-0.39, 0.29) is 12.2 Å². The van der Waals surface area contributed by atoms with Gasteiger partial charge in [-0.1, -0.05) is 49.7 Å². The minimum Gasteiger partial charge on any atom is -0.485 e. The monoisotopic (exact) mass is 433 g/mol. The second-order valence-electron chi connectivity index (χ2n) is 9.05. The molecule has 0 spiro atoms. The van der Waals surface area contributed by atoms with Gasteiger partial charge in [0.1, 0.15) is 23.6 Å². The van der Waals surface area contributed by atoms with E-state index in [1.165, 1.54) is 10.8 Å². The minimum absolute atomic E-state index is 0.181. The summed E-state index contributed by atoms with van der Waals surface area (Å²) in [6.07, 6.45) is 1.71. The van der Waals surface area contributed by atoms with Crippen LogP contribution in [0.2, 0.25) is 0 Å². The molecule has 0 aromatic heterocycles. The Morgan fingerprint density at radius 2 is 1.75 bits per heavy atom. The van der Waals surface area contributed by atoms with E-state index < -0.39 is 5.60 Å². The standard InChI is InChI=1S/C28H35NO3/c1-5-7-16-30-26-24-18-23(29-6-2)14-15-25(24)32-28(3,4)27(26)31-19-20-12-13-21-10-8-9-11-22(21)17-20/h8-15,17-18,26-27,29H,5-7,16,19H2,1-4H3. The first-order chi connectivity index (χ1) is 15.5. The lowest BCUT2D eigenvalue weighted by atomic mass is 9.87. The Hall–Kier alpha value is -2.56. The van der Waals surface area contributed by atoms with Crippen LogP contribution in [0.3, 0.4) is 0 Å². The summed E-state index contributed by atoms with van der Waals surface area (Å²) in [5, 5.41) is 5.87. The molecule has 4 heteroatoms. The van der Waals surface area contributed by atoms with E-state index in [0.717, 1.165) is 42.0 Å². The van der Waals surface area contributed by atoms with Crippen LogP contribution in [-0.4, -0.2) is 24.9 Å². The molecular formula is C28H35NO3. The molecule has 0 fully saturated rings. The molecule has 0 amide bonds. The molecule has 170 valence electrons. The van der Waals surface area contributed by atoms with E-state index >= 15 is 0 Å². The Labute approximate surface area is 191 Å². The van der Waals surface area contributed by atoms with Crippen LogP contribution in [-0.2, 0) is 16.1 Å². The number of fused-ring (bicyclic) bond motifs is 2. The Kier molecular flexibility index (Phi) is 7.02. The fourth-order valence-corrected chi connectivity index (χ4v) is 4.38. The zero-order valence-electron chi connectivity index (χ0n) is 19.7. The third-order valence-electron chi connectivity index (χ3n) is 6.07. The molecular weight excluding hydrogens is 398 g/mol. The van der Waals surface area contributed by atoms with Crippen LogP contribution in [0.4, 0.5) is 5.69 Å². The molecule has 1 aliphatic rings. The number of rotatable bonds is 9. The maximum absolute atomic E-state index is 6.56. The van der Waals surface area contributed by atoms with E-state index in [4.69, 9.17) is 14.2 Å². The summed E-state index contributed by atoms with van der Waals surface area (Å²) in [5.74, 6) is 0.878. The fourth-order valence-electron chi connectivity index (χ4n) is 4.38. The number of hydrogen-bond donors (Lipinski definition) is 1. The summed E-state index contributed by atoms with van der Waals surface area (Å²) < 4.78 is 19.4. The smallest absolute Gasteiger partial charge is 0.132 e. The quantitative estimate of drug-likeness (QED) is 0.373. The molecule has 0 aliphatic carbocycles.